The minimum Gasteiger partial charge on any atom is -0.456 e. The largest absolute Gasteiger partial charge is 0.456 e. The van der Waals surface area contributed by atoms with E-state index < -0.39 is 0 Å². The van der Waals surface area contributed by atoms with Gasteiger partial charge in [-0.1, -0.05) is 103 Å². The zero-order valence-electron chi connectivity index (χ0n) is 30.4. The van der Waals surface area contributed by atoms with Gasteiger partial charge < -0.3 is 8.98 Å². The molecule has 5 heteroatoms. The number of aromatic nitrogens is 4. The molecule has 13 aromatic rings. The Morgan fingerprint density at radius 1 is 0.386 bits per heavy atom. The predicted octanol–water partition coefficient (Wildman–Crippen LogP) is 13.7. The van der Waals surface area contributed by atoms with Crippen LogP contribution in [0.15, 0.2) is 174 Å². The minimum atomic E-state index is 0.646. The average Bonchev–Trinajstić information content (AvgIpc) is 3.90. The molecule has 0 saturated heterocycles. The molecule has 0 radical (unpaired) electrons. The lowest BCUT2D eigenvalue weighted by atomic mass is 9.95. The first-order valence-electron chi connectivity index (χ1n) is 19.4. The Morgan fingerprint density at radius 2 is 1.04 bits per heavy atom. The highest BCUT2D eigenvalue weighted by Crippen LogP contribution is 2.51. The van der Waals surface area contributed by atoms with Crippen molar-refractivity contribution in [3.05, 3.63) is 170 Å². The van der Waals surface area contributed by atoms with Crippen LogP contribution in [0.3, 0.4) is 0 Å². The molecule has 0 aliphatic heterocycles. The van der Waals surface area contributed by atoms with Crippen molar-refractivity contribution in [2.45, 2.75) is 0 Å². The molecular weight excluding hydrogens is 697 g/mol. The van der Waals surface area contributed by atoms with Crippen molar-refractivity contribution in [2.75, 3.05) is 0 Å². The van der Waals surface area contributed by atoms with Crippen molar-refractivity contribution in [1.29, 1.82) is 0 Å². The van der Waals surface area contributed by atoms with Crippen molar-refractivity contribution in [1.82, 2.24) is 19.1 Å². The molecule has 1 aliphatic carbocycles. The van der Waals surface area contributed by atoms with Gasteiger partial charge >= 0.3 is 0 Å². The highest BCUT2D eigenvalue weighted by Gasteiger charge is 2.28. The lowest BCUT2D eigenvalue weighted by molar-refractivity contribution is 0.669. The van der Waals surface area contributed by atoms with Crippen LogP contribution in [-0.4, -0.2) is 19.1 Å². The third-order valence-electron chi connectivity index (χ3n) is 12.4. The maximum absolute atomic E-state index is 6.27. The zero-order chi connectivity index (χ0) is 36.9. The second-order valence-corrected chi connectivity index (χ2v) is 15.3. The standard InChI is InChI=1S/C52H28N4O/c1-2-12-32(13-3-1)55-40-24-21-30-11-8-16-35-36-17-9-18-39-47(36)49-42(26-25-41(55)50(49)48(40)45(30)35)56(39)52-53-38-23-20-29-10-4-5-14-33(29)46(38)51(54-52)31-22-27-44-37(28-31)34-15-6-7-19-43(34)57-44/h1-28H. The van der Waals surface area contributed by atoms with Crippen molar-refractivity contribution < 1.29 is 4.42 Å². The van der Waals surface area contributed by atoms with Crippen molar-refractivity contribution >= 4 is 98.0 Å². The van der Waals surface area contributed by atoms with Crippen molar-refractivity contribution in [3.8, 4) is 34.0 Å². The topological polar surface area (TPSA) is 48.8 Å². The van der Waals surface area contributed by atoms with E-state index in [-0.39, 0.29) is 0 Å². The van der Waals surface area contributed by atoms with E-state index in [2.05, 4.69) is 167 Å². The molecule has 0 amide bonds. The fraction of sp³-hybridized carbons (Fsp3) is 0. The third kappa shape index (κ3) is 3.73. The van der Waals surface area contributed by atoms with E-state index in [0.29, 0.717) is 5.95 Å². The summed E-state index contributed by atoms with van der Waals surface area (Å²) in [5.41, 5.74) is 12.7. The van der Waals surface area contributed by atoms with Crippen LogP contribution in [0.1, 0.15) is 0 Å². The lowest BCUT2D eigenvalue weighted by Gasteiger charge is -2.14. The molecule has 9 aromatic carbocycles. The normalized spacial score (nSPS) is 12.6. The number of hydrogen-bond donors (Lipinski definition) is 0. The Bertz CT molecular complexity index is 3920. The Kier molecular flexibility index (Phi) is 5.45. The number of rotatable bonds is 3. The van der Waals surface area contributed by atoms with Crippen LogP contribution in [0.2, 0.25) is 0 Å². The summed E-state index contributed by atoms with van der Waals surface area (Å²) in [6.07, 6.45) is 0. The van der Waals surface area contributed by atoms with Crippen LogP contribution in [0.4, 0.5) is 0 Å². The van der Waals surface area contributed by atoms with Gasteiger partial charge in [-0.3, -0.25) is 4.57 Å². The van der Waals surface area contributed by atoms with Crippen LogP contribution >= 0.6 is 0 Å². The lowest BCUT2D eigenvalue weighted by Crippen LogP contribution is -2.04. The molecule has 0 bridgehead atoms. The molecule has 262 valence electrons. The summed E-state index contributed by atoms with van der Waals surface area (Å²) in [7, 11) is 0. The van der Waals surface area contributed by atoms with Gasteiger partial charge in [-0.15, -0.1) is 0 Å². The quantitative estimate of drug-likeness (QED) is 0.170. The average molecular weight is 725 g/mol. The zero-order valence-corrected chi connectivity index (χ0v) is 30.4. The van der Waals surface area contributed by atoms with E-state index >= 15 is 0 Å². The van der Waals surface area contributed by atoms with Crippen molar-refractivity contribution in [2.24, 2.45) is 0 Å². The number of furan rings is 1. The first-order valence-corrected chi connectivity index (χ1v) is 19.4. The second-order valence-electron chi connectivity index (χ2n) is 15.3. The Labute approximate surface area is 324 Å². The second kappa shape index (κ2) is 10.5. The Hall–Kier alpha value is -7.76. The molecule has 1 aliphatic rings. The summed E-state index contributed by atoms with van der Waals surface area (Å²) in [5.74, 6) is 0.646. The van der Waals surface area contributed by atoms with E-state index in [1.54, 1.807) is 0 Å². The number of benzene rings is 9. The number of hydrogen-bond acceptors (Lipinski definition) is 3. The van der Waals surface area contributed by atoms with Crippen LogP contribution in [-0.2, 0) is 0 Å². The summed E-state index contributed by atoms with van der Waals surface area (Å²) in [6, 6.07) is 61.0. The SMILES string of the molecule is c1ccc(-n2c3ccc4cccc5c4c3c3c4c6c-5cccc6n(-c5nc(-c6ccc7oc8ccccc8c7c6)c6c(ccc7ccccc76)n5)c4ccc32)cc1. The molecule has 14 rings (SSSR count). The van der Waals surface area contributed by atoms with Crippen LogP contribution in [0.5, 0.6) is 0 Å². The fourth-order valence-electron chi connectivity index (χ4n) is 10.1. The van der Waals surface area contributed by atoms with Gasteiger partial charge in [-0.2, -0.15) is 0 Å². The smallest absolute Gasteiger partial charge is 0.235 e. The molecule has 0 unspecified atom stereocenters. The van der Waals surface area contributed by atoms with Crippen LogP contribution in [0, 0.1) is 0 Å². The van der Waals surface area contributed by atoms with Gasteiger partial charge in [-0.25, -0.2) is 9.97 Å². The fourth-order valence-corrected chi connectivity index (χ4v) is 10.1. The summed E-state index contributed by atoms with van der Waals surface area (Å²) >= 11 is 0. The Morgan fingerprint density at radius 3 is 1.93 bits per heavy atom. The minimum absolute atomic E-state index is 0.646. The summed E-state index contributed by atoms with van der Waals surface area (Å²) < 4.78 is 11.0. The number of nitrogens with zero attached hydrogens (tertiary/aromatic N) is 4. The molecular formula is C52H28N4O. The first kappa shape index (κ1) is 29.6. The van der Waals surface area contributed by atoms with Gasteiger partial charge in [-0.05, 0) is 99.4 Å². The molecule has 0 saturated carbocycles. The summed E-state index contributed by atoms with van der Waals surface area (Å²) in [4.78, 5) is 11.1. The van der Waals surface area contributed by atoms with Gasteiger partial charge in [0.2, 0.25) is 5.95 Å². The molecule has 0 fully saturated rings. The van der Waals surface area contributed by atoms with E-state index in [9.17, 15) is 0 Å². The van der Waals surface area contributed by atoms with Gasteiger partial charge in [0.25, 0.3) is 0 Å². The van der Waals surface area contributed by atoms with Crippen LogP contribution < -0.4 is 0 Å². The summed E-state index contributed by atoms with van der Waals surface area (Å²) in [5, 5.41) is 13.0. The monoisotopic (exact) mass is 724 g/mol. The van der Waals surface area contributed by atoms with Crippen LogP contribution in [0.25, 0.3) is 132 Å². The number of fused-ring (bicyclic) bond motifs is 7. The van der Waals surface area contributed by atoms with E-state index in [0.717, 1.165) is 71.6 Å². The van der Waals surface area contributed by atoms with Gasteiger partial charge in [0.05, 0.1) is 33.3 Å². The molecule has 4 aromatic heterocycles. The first-order chi connectivity index (χ1) is 28.3. The predicted molar refractivity (Wildman–Crippen MR) is 235 cm³/mol. The molecule has 5 nitrogen and oxygen atoms in total. The van der Waals surface area contributed by atoms with Crippen molar-refractivity contribution in [3.63, 3.8) is 0 Å². The van der Waals surface area contributed by atoms with Gasteiger partial charge in [0, 0.05) is 49.0 Å². The highest BCUT2D eigenvalue weighted by molar-refractivity contribution is 6.39. The third-order valence-corrected chi connectivity index (χ3v) is 12.4. The Balaban J connectivity index is 1.15. The molecule has 0 spiro atoms. The molecule has 0 atom stereocenters. The van der Waals surface area contributed by atoms with Gasteiger partial charge in [0.1, 0.15) is 11.2 Å². The van der Waals surface area contributed by atoms with E-state index in [1.807, 2.05) is 12.1 Å². The molecule has 4 heterocycles. The molecule has 0 N–H and O–H groups in total. The number of para-hydroxylation sites is 2. The highest BCUT2D eigenvalue weighted by atomic mass is 16.3. The van der Waals surface area contributed by atoms with E-state index in [4.69, 9.17) is 14.4 Å². The summed E-state index contributed by atoms with van der Waals surface area (Å²) in [6.45, 7) is 0. The van der Waals surface area contributed by atoms with Gasteiger partial charge in [0.15, 0.2) is 0 Å². The molecule has 57 heavy (non-hydrogen) atoms. The maximum Gasteiger partial charge on any atom is 0.235 e. The maximum atomic E-state index is 6.27. The van der Waals surface area contributed by atoms with E-state index in [1.165, 1.54) is 54.5 Å².